The van der Waals surface area contributed by atoms with Crippen LogP contribution in [0.4, 0.5) is 4.39 Å². The Morgan fingerprint density at radius 2 is 2.37 bits per heavy atom. The molecule has 19 heavy (non-hydrogen) atoms. The maximum absolute atomic E-state index is 13.9. The maximum Gasteiger partial charge on any atom is 0.146 e. The van der Waals surface area contributed by atoms with Crippen LogP contribution in [0.2, 0.25) is 0 Å². The van der Waals surface area contributed by atoms with Gasteiger partial charge in [-0.3, -0.25) is 16.3 Å². The van der Waals surface area contributed by atoms with Crippen LogP contribution in [0.3, 0.4) is 0 Å². The minimum Gasteiger partial charge on any atom is -0.271 e. The first-order chi connectivity index (χ1) is 9.31. The molecule has 0 radical (unpaired) electrons. The lowest BCUT2D eigenvalue weighted by atomic mass is 9.80. The van der Waals surface area contributed by atoms with Gasteiger partial charge in [-0.2, -0.15) is 0 Å². The van der Waals surface area contributed by atoms with Crippen molar-refractivity contribution in [3.8, 4) is 0 Å². The van der Waals surface area contributed by atoms with Crippen LogP contribution in [0.15, 0.2) is 29.9 Å². The van der Waals surface area contributed by atoms with Gasteiger partial charge >= 0.3 is 0 Å². The van der Waals surface area contributed by atoms with Gasteiger partial charge in [0.25, 0.3) is 0 Å². The topological polar surface area (TPSA) is 50.9 Å². The molecule has 2 heterocycles. The molecule has 2 aromatic rings. The second-order valence-corrected chi connectivity index (χ2v) is 5.84. The van der Waals surface area contributed by atoms with Gasteiger partial charge in [-0.25, -0.2) is 4.39 Å². The van der Waals surface area contributed by atoms with Crippen molar-refractivity contribution in [1.29, 1.82) is 0 Å². The Kier molecular flexibility index (Phi) is 3.59. The minimum atomic E-state index is -0.298. The molecule has 0 amide bonds. The predicted molar refractivity (Wildman–Crippen MR) is 74.3 cm³/mol. The van der Waals surface area contributed by atoms with Crippen LogP contribution in [-0.4, -0.2) is 4.98 Å². The number of hydrogen-bond acceptors (Lipinski definition) is 4. The van der Waals surface area contributed by atoms with E-state index in [4.69, 9.17) is 5.84 Å². The molecule has 5 heteroatoms. The summed E-state index contributed by atoms with van der Waals surface area (Å²) < 4.78 is 13.9. The molecular formula is C14H16FN3S. The molecule has 1 aliphatic rings. The molecule has 0 bridgehead atoms. The van der Waals surface area contributed by atoms with Gasteiger partial charge in [0.15, 0.2) is 0 Å². The first-order valence-corrected chi connectivity index (χ1v) is 7.31. The second kappa shape index (κ2) is 5.36. The number of halogens is 1. The number of nitrogens with zero attached hydrogens (tertiary/aromatic N) is 1. The van der Waals surface area contributed by atoms with Crippen LogP contribution < -0.4 is 11.3 Å². The third-order valence-electron chi connectivity index (χ3n) is 3.82. The number of hydrazine groups is 1. The molecule has 0 saturated carbocycles. The van der Waals surface area contributed by atoms with E-state index in [9.17, 15) is 4.39 Å². The lowest BCUT2D eigenvalue weighted by Gasteiger charge is -2.30. The Balaban J connectivity index is 1.99. The van der Waals surface area contributed by atoms with E-state index in [1.807, 2.05) is 0 Å². The molecule has 3 rings (SSSR count). The molecule has 2 atom stereocenters. The van der Waals surface area contributed by atoms with Gasteiger partial charge in [-0.05, 0) is 42.3 Å². The Morgan fingerprint density at radius 1 is 1.47 bits per heavy atom. The average molecular weight is 277 g/mol. The van der Waals surface area contributed by atoms with Gasteiger partial charge in [0.2, 0.25) is 0 Å². The number of nitrogens with one attached hydrogen (secondary N) is 1. The quantitative estimate of drug-likeness (QED) is 0.670. The highest BCUT2D eigenvalue weighted by Gasteiger charge is 2.30. The third-order valence-corrected chi connectivity index (χ3v) is 4.82. The van der Waals surface area contributed by atoms with Crippen LogP contribution in [0.25, 0.3) is 0 Å². The van der Waals surface area contributed by atoms with E-state index in [0.717, 1.165) is 19.3 Å². The zero-order chi connectivity index (χ0) is 13.2. The fourth-order valence-electron chi connectivity index (χ4n) is 2.93. The van der Waals surface area contributed by atoms with Gasteiger partial charge < -0.3 is 0 Å². The van der Waals surface area contributed by atoms with Crippen LogP contribution in [-0.2, 0) is 6.42 Å². The fraction of sp³-hybridized carbons (Fsp3) is 0.357. The summed E-state index contributed by atoms with van der Waals surface area (Å²) in [4.78, 5) is 5.21. The van der Waals surface area contributed by atoms with Crippen molar-refractivity contribution in [3.05, 3.63) is 51.7 Å². The van der Waals surface area contributed by atoms with Crippen molar-refractivity contribution in [2.45, 2.75) is 31.2 Å². The predicted octanol–water partition coefficient (Wildman–Crippen LogP) is 2.91. The summed E-state index contributed by atoms with van der Waals surface area (Å²) in [5.41, 5.74) is 4.71. The molecule has 0 saturated heterocycles. The monoisotopic (exact) mass is 277 g/mol. The molecule has 2 aromatic heterocycles. The molecule has 0 fully saturated rings. The van der Waals surface area contributed by atoms with Gasteiger partial charge in [-0.15, -0.1) is 11.3 Å². The molecule has 0 spiro atoms. The molecule has 100 valence electrons. The highest BCUT2D eigenvalue weighted by Crippen LogP contribution is 2.42. The largest absolute Gasteiger partial charge is 0.271 e. The number of pyridine rings is 1. The SMILES string of the molecule is NNC(c1ccncc1F)C1CCCc2sccc21. The van der Waals surface area contributed by atoms with E-state index in [1.165, 1.54) is 16.6 Å². The highest BCUT2D eigenvalue weighted by molar-refractivity contribution is 7.10. The number of hydrogen-bond donors (Lipinski definition) is 2. The summed E-state index contributed by atoms with van der Waals surface area (Å²) in [6.07, 6.45) is 6.14. The number of fused-ring (bicyclic) bond motifs is 1. The second-order valence-electron chi connectivity index (χ2n) is 4.84. The van der Waals surface area contributed by atoms with Crippen LogP contribution in [0.1, 0.15) is 40.8 Å². The van der Waals surface area contributed by atoms with E-state index in [2.05, 4.69) is 21.9 Å². The lowest BCUT2D eigenvalue weighted by molar-refractivity contribution is 0.397. The van der Waals surface area contributed by atoms with Crippen molar-refractivity contribution in [3.63, 3.8) is 0 Å². The maximum atomic E-state index is 13.9. The molecule has 3 nitrogen and oxygen atoms in total. The van der Waals surface area contributed by atoms with E-state index < -0.39 is 0 Å². The standard InChI is InChI=1S/C14H16FN3S/c15-12-8-17-6-4-11(12)14(18-16)10-2-1-3-13-9(10)5-7-19-13/h4-8,10,14,18H,1-3,16H2. The minimum absolute atomic E-state index is 0.198. The van der Waals surface area contributed by atoms with Gasteiger partial charge in [0.05, 0.1) is 12.2 Å². The number of rotatable bonds is 3. The van der Waals surface area contributed by atoms with Crippen molar-refractivity contribution in [2.75, 3.05) is 0 Å². The average Bonchev–Trinajstić information content (AvgIpc) is 2.91. The van der Waals surface area contributed by atoms with Crippen molar-refractivity contribution in [1.82, 2.24) is 10.4 Å². The summed E-state index contributed by atoms with van der Waals surface area (Å²) in [7, 11) is 0. The van der Waals surface area contributed by atoms with E-state index in [0.29, 0.717) is 5.56 Å². The Hall–Kier alpha value is -1.30. The number of thiophene rings is 1. The molecule has 0 aliphatic heterocycles. The van der Waals surface area contributed by atoms with Crippen LogP contribution in [0.5, 0.6) is 0 Å². The zero-order valence-corrected chi connectivity index (χ0v) is 11.3. The summed E-state index contributed by atoms with van der Waals surface area (Å²) >= 11 is 1.78. The number of nitrogens with two attached hydrogens (primary N) is 1. The van der Waals surface area contributed by atoms with Gasteiger partial charge in [-0.1, -0.05) is 0 Å². The van der Waals surface area contributed by atoms with E-state index in [1.54, 1.807) is 23.6 Å². The molecule has 1 aliphatic carbocycles. The lowest BCUT2D eigenvalue weighted by Crippen LogP contribution is -2.34. The van der Waals surface area contributed by atoms with Gasteiger partial charge in [0.1, 0.15) is 5.82 Å². The highest BCUT2D eigenvalue weighted by atomic mass is 32.1. The Bertz CT molecular complexity index is 569. The summed E-state index contributed by atoms with van der Waals surface area (Å²) in [6, 6.07) is 3.66. The van der Waals surface area contributed by atoms with Crippen molar-refractivity contribution in [2.24, 2.45) is 5.84 Å². The smallest absolute Gasteiger partial charge is 0.146 e. The fourth-order valence-corrected chi connectivity index (χ4v) is 3.93. The molecular weight excluding hydrogens is 261 g/mol. The summed E-state index contributed by atoms with van der Waals surface area (Å²) in [5, 5.41) is 2.11. The molecule has 0 aromatic carbocycles. The van der Waals surface area contributed by atoms with Crippen molar-refractivity contribution < 1.29 is 4.39 Å². The van der Waals surface area contributed by atoms with E-state index >= 15 is 0 Å². The normalized spacial score (nSPS) is 20.0. The Morgan fingerprint density at radius 3 is 3.16 bits per heavy atom. The zero-order valence-electron chi connectivity index (χ0n) is 10.5. The summed E-state index contributed by atoms with van der Waals surface area (Å²) in [5.74, 6) is 5.63. The first-order valence-electron chi connectivity index (χ1n) is 6.43. The summed E-state index contributed by atoms with van der Waals surface area (Å²) in [6.45, 7) is 0. The Labute approximate surface area is 115 Å². The van der Waals surface area contributed by atoms with Crippen molar-refractivity contribution >= 4 is 11.3 Å². The third kappa shape index (κ3) is 2.29. The number of aromatic nitrogens is 1. The number of aryl methyl sites for hydroxylation is 1. The first kappa shape index (κ1) is 12.7. The van der Waals surface area contributed by atoms with Crippen LogP contribution >= 0.6 is 11.3 Å². The van der Waals surface area contributed by atoms with Crippen LogP contribution in [0, 0.1) is 5.82 Å². The van der Waals surface area contributed by atoms with E-state index in [-0.39, 0.29) is 17.8 Å². The molecule has 2 unspecified atom stereocenters. The van der Waals surface area contributed by atoms with Gasteiger partial charge in [0, 0.05) is 22.6 Å². The molecule has 3 N–H and O–H groups in total.